The average Bonchev–Trinajstić information content (AvgIpc) is 3.92. The topological polar surface area (TPSA) is 33.5 Å². The van der Waals surface area contributed by atoms with Crippen LogP contribution in [0.5, 0.6) is 11.5 Å². The minimum absolute atomic E-state index is 0. The Balaban J connectivity index is 0.00000693. The fraction of sp³-hybridized carbons (Fsp3) is 0.333. The fourth-order valence-electron chi connectivity index (χ4n) is 9.75. The van der Waals surface area contributed by atoms with Crippen LogP contribution in [-0.4, -0.2) is 9.55 Å². The van der Waals surface area contributed by atoms with Gasteiger partial charge in [-0.25, -0.2) is 4.98 Å². The van der Waals surface area contributed by atoms with Crippen LogP contribution < -0.4 is 14.5 Å². The summed E-state index contributed by atoms with van der Waals surface area (Å²) in [5.74, 6) is 2.07. The van der Waals surface area contributed by atoms with E-state index in [-0.39, 0.29) is 53.6 Å². The maximum Gasteiger partial charge on any atom is 0.135 e. The van der Waals surface area contributed by atoms with Crippen molar-refractivity contribution in [2.24, 2.45) is 0 Å². The molecule has 5 nitrogen and oxygen atoms in total. The molecule has 72 heavy (non-hydrogen) atoms. The van der Waals surface area contributed by atoms with E-state index in [9.17, 15) is 0 Å². The summed E-state index contributed by atoms with van der Waals surface area (Å²) in [7, 11) is 0. The number of aromatic nitrogens is 2. The summed E-state index contributed by atoms with van der Waals surface area (Å²) in [5, 5.41) is 2.25. The zero-order valence-corrected chi connectivity index (χ0v) is 47.7. The van der Waals surface area contributed by atoms with Gasteiger partial charge in [0, 0.05) is 66.5 Å². The van der Waals surface area contributed by atoms with Crippen molar-refractivity contribution in [3.05, 3.63) is 209 Å². The van der Waals surface area contributed by atoms with Gasteiger partial charge in [0.1, 0.15) is 5.82 Å². The molecule has 1 aliphatic heterocycles. The number of nitrogens with zero attached hydrogens (tertiary/aromatic N) is 4. The standard InChI is InChI=1S/C66H73N4O.Pt/c1-61(2,3)46-27-30-57-56(38-46)55-29-28-53(41-58(55)70(57)60-39-47(31-32-67-60)65(13,14)44-23-19-17-20-24-44)71-54-37-50(64(10,11)12)34-51(40-54)68-42-59(66(15,16)45-25-21-18-22-26-45)69(43-68)52-35-48(62(4,5)6)33-49(36-52)63(7,8)9;/h17-39,42-43H,1-16H3;/q-3;. The summed E-state index contributed by atoms with van der Waals surface area (Å²) in [6, 6.07) is 56.1. The van der Waals surface area contributed by atoms with E-state index in [0.717, 1.165) is 50.3 Å². The van der Waals surface area contributed by atoms with E-state index < -0.39 is 0 Å². The molecule has 3 heterocycles. The van der Waals surface area contributed by atoms with Gasteiger partial charge in [-0.3, -0.25) is 0 Å². The maximum absolute atomic E-state index is 6.98. The van der Waals surface area contributed by atoms with Crippen LogP contribution in [0.2, 0.25) is 0 Å². The SMILES string of the molecule is CC(C)(C)c1cc(Oc2[c-]c3c(cc2)c2cc(C(C)(C)C)ccc2n3-c2cc(C(C)(C)c3ccccc3)ccn2)[c-]c(N2C=C(C(C)(C)c3ccccc3)N(c3cc(C(C)(C)C)cc(C(C)(C)C)c3)[CH-]2)c1.[Pt]. The van der Waals surface area contributed by atoms with Crippen LogP contribution in [-0.2, 0) is 53.6 Å². The van der Waals surface area contributed by atoms with Crippen molar-refractivity contribution < 1.29 is 25.8 Å². The van der Waals surface area contributed by atoms with Crippen LogP contribution in [0, 0.1) is 18.8 Å². The van der Waals surface area contributed by atoms with E-state index in [1.54, 1.807) is 0 Å². The van der Waals surface area contributed by atoms with Gasteiger partial charge < -0.3 is 19.1 Å². The van der Waals surface area contributed by atoms with Crippen LogP contribution >= 0.6 is 0 Å². The number of benzene rings is 6. The van der Waals surface area contributed by atoms with Gasteiger partial charge in [0.25, 0.3) is 0 Å². The van der Waals surface area contributed by atoms with E-state index in [0.29, 0.717) is 11.5 Å². The molecule has 9 rings (SSSR count). The second-order valence-corrected chi connectivity index (χ2v) is 24.9. The molecule has 0 N–H and O–H groups in total. The number of pyridine rings is 1. The van der Waals surface area contributed by atoms with Gasteiger partial charge in [-0.05, 0) is 97.0 Å². The molecule has 0 saturated carbocycles. The summed E-state index contributed by atoms with van der Waals surface area (Å²) in [6.07, 6.45) is 4.23. The Morgan fingerprint density at radius 1 is 0.472 bits per heavy atom. The molecule has 0 bridgehead atoms. The average molecular weight is 1130 g/mol. The number of anilines is 2. The van der Waals surface area contributed by atoms with E-state index >= 15 is 0 Å². The molecule has 0 spiro atoms. The molecule has 6 heteroatoms. The molecule has 8 aromatic rings. The number of hydrogen-bond donors (Lipinski definition) is 0. The van der Waals surface area contributed by atoms with E-state index in [1.165, 1.54) is 33.4 Å². The molecule has 376 valence electrons. The number of hydrogen-bond acceptors (Lipinski definition) is 4. The first-order valence-electron chi connectivity index (χ1n) is 25.4. The predicted octanol–water partition coefficient (Wildman–Crippen LogP) is 17.3. The van der Waals surface area contributed by atoms with Crippen LogP contribution in [0.4, 0.5) is 11.4 Å². The third kappa shape index (κ3) is 10.2. The van der Waals surface area contributed by atoms with Crippen molar-refractivity contribution in [3.63, 3.8) is 0 Å². The van der Waals surface area contributed by atoms with Crippen molar-refractivity contribution in [2.45, 2.75) is 143 Å². The third-order valence-electron chi connectivity index (χ3n) is 14.7. The van der Waals surface area contributed by atoms with Gasteiger partial charge in [-0.2, -0.15) is 6.07 Å². The molecule has 0 unspecified atom stereocenters. The van der Waals surface area contributed by atoms with Crippen molar-refractivity contribution >= 4 is 33.2 Å². The van der Waals surface area contributed by atoms with Crippen LogP contribution in [0.1, 0.15) is 150 Å². The monoisotopic (exact) mass is 1130 g/mol. The van der Waals surface area contributed by atoms with E-state index in [1.807, 2.05) is 6.20 Å². The summed E-state index contributed by atoms with van der Waals surface area (Å²) in [4.78, 5) is 9.68. The third-order valence-corrected chi connectivity index (χ3v) is 14.7. The molecule has 0 amide bonds. The Bertz CT molecular complexity index is 3260. The Morgan fingerprint density at radius 3 is 1.62 bits per heavy atom. The zero-order chi connectivity index (χ0) is 51.1. The predicted molar refractivity (Wildman–Crippen MR) is 299 cm³/mol. The van der Waals surface area contributed by atoms with Gasteiger partial charge >= 0.3 is 0 Å². The van der Waals surface area contributed by atoms with Gasteiger partial charge in [-0.1, -0.05) is 195 Å². The molecule has 6 aromatic carbocycles. The smallest absolute Gasteiger partial charge is 0.135 e. The van der Waals surface area contributed by atoms with Gasteiger partial charge in [-0.15, -0.1) is 53.6 Å². The van der Waals surface area contributed by atoms with Crippen molar-refractivity contribution in [2.75, 3.05) is 9.80 Å². The molecule has 0 aliphatic carbocycles. The largest absolute Gasteiger partial charge is 0.509 e. The number of allylic oxidation sites excluding steroid dienone is 1. The number of ether oxygens (including phenoxy) is 1. The number of rotatable bonds is 9. The Kier molecular flexibility index (Phi) is 13.7. The first kappa shape index (κ1) is 52.4. The Labute approximate surface area is 445 Å². The minimum Gasteiger partial charge on any atom is -0.509 e. The van der Waals surface area contributed by atoms with E-state index in [4.69, 9.17) is 9.72 Å². The van der Waals surface area contributed by atoms with Crippen LogP contribution in [0.3, 0.4) is 0 Å². The summed E-state index contributed by atoms with van der Waals surface area (Å²) in [5.41, 5.74) is 13.0. The Morgan fingerprint density at radius 2 is 1.04 bits per heavy atom. The minimum atomic E-state index is -0.352. The molecule has 0 radical (unpaired) electrons. The summed E-state index contributed by atoms with van der Waals surface area (Å²) in [6.45, 7) is 38.8. The molecular weight excluding hydrogens is 1060 g/mol. The normalized spacial score (nSPS) is 14.0. The van der Waals surface area contributed by atoms with Crippen molar-refractivity contribution in [3.8, 4) is 17.3 Å². The second kappa shape index (κ2) is 18.9. The first-order valence-corrected chi connectivity index (χ1v) is 25.4. The molecule has 1 aliphatic rings. The van der Waals surface area contributed by atoms with Crippen LogP contribution in [0.25, 0.3) is 27.6 Å². The molecular formula is C66H73N4OPt-3. The molecule has 0 atom stereocenters. The summed E-state index contributed by atoms with van der Waals surface area (Å²) >= 11 is 0. The molecule has 0 saturated heterocycles. The quantitative estimate of drug-likeness (QED) is 0.135. The van der Waals surface area contributed by atoms with Crippen LogP contribution in [0.15, 0.2) is 152 Å². The van der Waals surface area contributed by atoms with E-state index in [2.05, 4.69) is 284 Å². The van der Waals surface area contributed by atoms with Crippen molar-refractivity contribution in [1.82, 2.24) is 9.55 Å². The van der Waals surface area contributed by atoms with Gasteiger partial charge in [0.15, 0.2) is 0 Å². The molecule has 2 aromatic heterocycles. The van der Waals surface area contributed by atoms with Gasteiger partial charge in [0.05, 0.1) is 0 Å². The maximum atomic E-state index is 6.98. The van der Waals surface area contributed by atoms with Gasteiger partial charge in [0.2, 0.25) is 0 Å². The first-order chi connectivity index (χ1) is 33.2. The number of fused-ring (bicyclic) bond motifs is 3. The summed E-state index contributed by atoms with van der Waals surface area (Å²) < 4.78 is 9.24. The fourth-order valence-corrected chi connectivity index (χ4v) is 9.75. The second-order valence-electron chi connectivity index (χ2n) is 24.9. The zero-order valence-electron chi connectivity index (χ0n) is 45.4. The Hall–Kier alpha value is -5.90. The van der Waals surface area contributed by atoms with Crippen molar-refractivity contribution in [1.29, 1.82) is 0 Å². The molecule has 0 fully saturated rings.